The van der Waals surface area contributed by atoms with Gasteiger partial charge in [-0.25, -0.2) is 0 Å². The first kappa shape index (κ1) is 14.8. The Labute approximate surface area is 107 Å². The van der Waals surface area contributed by atoms with Gasteiger partial charge in [-0.05, 0) is 18.6 Å². The van der Waals surface area contributed by atoms with Crippen molar-refractivity contribution in [2.75, 3.05) is 34.0 Å². The minimum Gasteiger partial charge on any atom is -0.495 e. The van der Waals surface area contributed by atoms with Gasteiger partial charge in [0.1, 0.15) is 11.4 Å². The highest BCUT2D eigenvalue weighted by atomic mass is 16.5. The minimum atomic E-state index is -0.0938. The topological polar surface area (TPSA) is 78.6 Å². The molecule has 0 amide bonds. The van der Waals surface area contributed by atoms with Gasteiger partial charge < -0.3 is 14.2 Å². The molecule has 3 N–H and O–H groups in total. The molecule has 6 heteroatoms. The van der Waals surface area contributed by atoms with Crippen LogP contribution in [0.5, 0.6) is 5.75 Å². The lowest BCUT2D eigenvalue weighted by molar-refractivity contribution is 0.0655. The van der Waals surface area contributed by atoms with Crippen LogP contribution in [0.15, 0.2) is 18.3 Å². The van der Waals surface area contributed by atoms with Crippen molar-refractivity contribution in [1.82, 2.24) is 10.4 Å². The number of rotatable bonds is 9. The third-order valence-corrected chi connectivity index (χ3v) is 2.53. The van der Waals surface area contributed by atoms with Gasteiger partial charge in [0.2, 0.25) is 0 Å². The second kappa shape index (κ2) is 8.82. The van der Waals surface area contributed by atoms with Crippen molar-refractivity contribution in [3.05, 3.63) is 24.0 Å². The average molecular weight is 255 g/mol. The molecule has 102 valence electrons. The number of aromatic nitrogens is 1. The minimum absolute atomic E-state index is 0.0938. The fourth-order valence-electron chi connectivity index (χ4n) is 1.58. The van der Waals surface area contributed by atoms with Crippen molar-refractivity contribution >= 4 is 0 Å². The molecule has 1 aromatic rings. The van der Waals surface area contributed by atoms with Crippen molar-refractivity contribution in [2.45, 2.75) is 12.5 Å². The van der Waals surface area contributed by atoms with Gasteiger partial charge in [0.25, 0.3) is 0 Å². The van der Waals surface area contributed by atoms with E-state index in [4.69, 9.17) is 20.1 Å². The summed E-state index contributed by atoms with van der Waals surface area (Å²) in [4.78, 5) is 4.29. The molecule has 1 heterocycles. The highest BCUT2D eigenvalue weighted by Crippen LogP contribution is 2.23. The first-order chi connectivity index (χ1) is 8.83. The Hall–Kier alpha value is -1.21. The van der Waals surface area contributed by atoms with Gasteiger partial charge in [-0.3, -0.25) is 16.3 Å². The lowest BCUT2D eigenvalue weighted by atomic mass is 10.1. The largest absolute Gasteiger partial charge is 0.495 e. The highest BCUT2D eigenvalue weighted by molar-refractivity contribution is 5.29. The van der Waals surface area contributed by atoms with Crippen molar-refractivity contribution in [1.29, 1.82) is 0 Å². The normalized spacial score (nSPS) is 12.4. The van der Waals surface area contributed by atoms with E-state index in [1.807, 2.05) is 12.1 Å². The van der Waals surface area contributed by atoms with E-state index in [2.05, 4.69) is 10.4 Å². The van der Waals surface area contributed by atoms with Gasteiger partial charge in [0.15, 0.2) is 0 Å². The number of nitrogens with two attached hydrogens (primary N) is 1. The molecule has 1 atom stereocenters. The SMILES string of the molecule is COCCOCCC(NN)c1ncccc1OC. The first-order valence-corrected chi connectivity index (χ1v) is 5.85. The average Bonchev–Trinajstić information content (AvgIpc) is 2.43. The predicted octanol–water partition coefficient (Wildman–Crippen LogP) is 0.648. The molecule has 1 unspecified atom stereocenters. The zero-order valence-corrected chi connectivity index (χ0v) is 10.9. The third-order valence-electron chi connectivity index (χ3n) is 2.53. The summed E-state index contributed by atoms with van der Waals surface area (Å²) in [6, 6.07) is 3.59. The van der Waals surface area contributed by atoms with Crippen molar-refractivity contribution in [3.8, 4) is 5.75 Å². The van der Waals surface area contributed by atoms with Crippen LogP contribution in [0, 0.1) is 0 Å². The van der Waals surface area contributed by atoms with Gasteiger partial charge in [0, 0.05) is 19.9 Å². The van der Waals surface area contributed by atoms with Crippen LogP contribution in [0.3, 0.4) is 0 Å². The van der Waals surface area contributed by atoms with E-state index < -0.39 is 0 Å². The third kappa shape index (κ3) is 4.58. The van der Waals surface area contributed by atoms with Crippen molar-refractivity contribution in [2.24, 2.45) is 5.84 Å². The summed E-state index contributed by atoms with van der Waals surface area (Å²) in [6.07, 6.45) is 2.43. The molecular formula is C12H21N3O3. The Morgan fingerprint density at radius 1 is 1.33 bits per heavy atom. The maximum Gasteiger partial charge on any atom is 0.142 e. The standard InChI is InChI=1S/C12H21N3O3/c1-16-8-9-18-7-5-10(15-13)12-11(17-2)4-3-6-14-12/h3-4,6,10,15H,5,7-9,13H2,1-2H3. The molecule has 0 aliphatic heterocycles. The van der Waals surface area contributed by atoms with E-state index in [9.17, 15) is 0 Å². The molecular weight excluding hydrogens is 234 g/mol. The van der Waals surface area contributed by atoms with Gasteiger partial charge in [0.05, 0.1) is 26.4 Å². The summed E-state index contributed by atoms with van der Waals surface area (Å²) in [7, 11) is 3.26. The number of methoxy groups -OCH3 is 2. The molecule has 0 radical (unpaired) electrons. The van der Waals surface area contributed by atoms with Crippen LogP contribution in [0.1, 0.15) is 18.2 Å². The Kier molecular flexibility index (Phi) is 7.28. The molecule has 0 saturated carbocycles. The zero-order chi connectivity index (χ0) is 13.2. The van der Waals surface area contributed by atoms with Gasteiger partial charge in [-0.1, -0.05) is 0 Å². The maximum atomic E-state index is 5.54. The Morgan fingerprint density at radius 3 is 2.83 bits per heavy atom. The molecule has 0 fully saturated rings. The molecule has 0 spiro atoms. The second-order valence-corrected chi connectivity index (χ2v) is 3.70. The number of nitrogens with zero attached hydrogens (tertiary/aromatic N) is 1. The van der Waals surface area contributed by atoms with Crippen molar-refractivity contribution < 1.29 is 14.2 Å². The van der Waals surface area contributed by atoms with E-state index in [-0.39, 0.29) is 6.04 Å². The van der Waals surface area contributed by atoms with E-state index in [1.165, 1.54) is 0 Å². The molecule has 0 aromatic carbocycles. The number of hydrogen-bond acceptors (Lipinski definition) is 6. The quantitative estimate of drug-likeness (QED) is 0.383. The molecule has 18 heavy (non-hydrogen) atoms. The summed E-state index contributed by atoms with van der Waals surface area (Å²) >= 11 is 0. The molecule has 6 nitrogen and oxygen atoms in total. The molecule has 1 aromatic heterocycles. The smallest absolute Gasteiger partial charge is 0.142 e. The Bertz CT molecular complexity index is 336. The van der Waals surface area contributed by atoms with Gasteiger partial charge >= 0.3 is 0 Å². The number of ether oxygens (including phenoxy) is 3. The van der Waals surface area contributed by atoms with Gasteiger partial charge in [-0.2, -0.15) is 0 Å². The summed E-state index contributed by atoms with van der Waals surface area (Å²) in [5.74, 6) is 6.26. The van der Waals surface area contributed by atoms with Crippen LogP contribution in [0.25, 0.3) is 0 Å². The number of hydrazine groups is 1. The maximum absolute atomic E-state index is 5.54. The van der Waals surface area contributed by atoms with Gasteiger partial charge in [-0.15, -0.1) is 0 Å². The fourth-order valence-corrected chi connectivity index (χ4v) is 1.58. The lowest BCUT2D eigenvalue weighted by Crippen LogP contribution is -2.30. The van der Waals surface area contributed by atoms with Crippen LogP contribution in [0.2, 0.25) is 0 Å². The lowest BCUT2D eigenvalue weighted by Gasteiger charge is -2.17. The summed E-state index contributed by atoms with van der Waals surface area (Å²) in [5.41, 5.74) is 3.52. The number of nitrogens with one attached hydrogen (secondary N) is 1. The van der Waals surface area contributed by atoms with E-state index >= 15 is 0 Å². The molecule has 0 bridgehead atoms. The van der Waals surface area contributed by atoms with Crippen LogP contribution < -0.4 is 16.0 Å². The Balaban J connectivity index is 2.49. The van der Waals surface area contributed by atoms with Crippen LogP contribution >= 0.6 is 0 Å². The number of pyridine rings is 1. The summed E-state index contributed by atoms with van der Waals surface area (Å²) in [6.45, 7) is 1.75. The molecule has 1 rings (SSSR count). The van der Waals surface area contributed by atoms with Crippen molar-refractivity contribution in [3.63, 3.8) is 0 Å². The monoisotopic (exact) mass is 255 g/mol. The van der Waals surface area contributed by atoms with Crippen LogP contribution in [-0.2, 0) is 9.47 Å². The highest BCUT2D eigenvalue weighted by Gasteiger charge is 2.15. The molecule has 0 saturated heterocycles. The van der Waals surface area contributed by atoms with E-state index in [0.29, 0.717) is 26.2 Å². The molecule has 0 aliphatic rings. The van der Waals surface area contributed by atoms with E-state index in [1.54, 1.807) is 20.4 Å². The summed E-state index contributed by atoms with van der Waals surface area (Å²) in [5, 5.41) is 0. The zero-order valence-electron chi connectivity index (χ0n) is 10.9. The summed E-state index contributed by atoms with van der Waals surface area (Å²) < 4.78 is 15.6. The second-order valence-electron chi connectivity index (χ2n) is 3.70. The number of hydrogen-bond donors (Lipinski definition) is 2. The predicted molar refractivity (Wildman–Crippen MR) is 68.2 cm³/mol. The molecule has 0 aliphatic carbocycles. The van der Waals surface area contributed by atoms with Crippen LogP contribution in [-0.4, -0.2) is 39.0 Å². The van der Waals surface area contributed by atoms with E-state index in [0.717, 1.165) is 11.4 Å². The fraction of sp³-hybridized carbons (Fsp3) is 0.583. The van der Waals surface area contributed by atoms with Crippen LogP contribution in [0.4, 0.5) is 0 Å². The Morgan fingerprint density at radius 2 is 2.17 bits per heavy atom. The first-order valence-electron chi connectivity index (χ1n) is 5.85.